The van der Waals surface area contributed by atoms with Crippen molar-refractivity contribution in [2.24, 2.45) is 0 Å². The number of aromatic nitrogens is 1. The summed E-state index contributed by atoms with van der Waals surface area (Å²) >= 11 is 1.23. The molecule has 3 rings (SSSR count). The number of hydrogen-bond donors (Lipinski definition) is 1. The monoisotopic (exact) mass is 376 g/mol. The van der Waals surface area contributed by atoms with Crippen LogP contribution in [0.5, 0.6) is 0 Å². The lowest BCUT2D eigenvalue weighted by Crippen LogP contribution is -3.05. The van der Waals surface area contributed by atoms with Gasteiger partial charge in [0.2, 0.25) is 0 Å². The summed E-state index contributed by atoms with van der Waals surface area (Å²) in [6.45, 7) is 1.24. The molecule has 1 amide bonds. The van der Waals surface area contributed by atoms with Crippen LogP contribution in [0.15, 0.2) is 42.5 Å². The van der Waals surface area contributed by atoms with Crippen LogP contribution in [-0.4, -0.2) is 38.1 Å². The molecule has 2 aromatic carbocycles. The first-order valence-electron chi connectivity index (χ1n) is 8.38. The number of amides is 1. The van der Waals surface area contributed by atoms with E-state index in [2.05, 4.69) is 4.98 Å². The fraction of sp³-hybridized carbons (Fsp3) is 0.263. The Bertz CT molecular complexity index is 926. The third-order valence-electron chi connectivity index (χ3n) is 4.00. The SMILES string of the molecule is C[NH+](C)CCCN(C(=O)c1ccccc1F)c1nc2c(F)cccc2s1. The van der Waals surface area contributed by atoms with Crippen LogP contribution in [0.2, 0.25) is 0 Å². The third kappa shape index (κ3) is 3.89. The minimum absolute atomic E-state index is 0.00979. The molecule has 1 aromatic heterocycles. The molecule has 4 nitrogen and oxygen atoms in total. The quantitative estimate of drug-likeness (QED) is 0.718. The Hall–Kier alpha value is -2.38. The van der Waals surface area contributed by atoms with E-state index in [1.807, 2.05) is 14.1 Å². The number of nitrogens with one attached hydrogen (secondary N) is 1. The Kier molecular flexibility index (Phi) is 5.58. The Morgan fingerprint density at radius 3 is 2.54 bits per heavy atom. The normalized spacial score (nSPS) is 11.3. The number of hydrogen-bond acceptors (Lipinski definition) is 3. The second-order valence-corrected chi connectivity index (χ2v) is 7.34. The van der Waals surface area contributed by atoms with Crippen molar-refractivity contribution < 1.29 is 18.5 Å². The highest BCUT2D eigenvalue weighted by atomic mass is 32.1. The van der Waals surface area contributed by atoms with Crippen molar-refractivity contribution in [1.82, 2.24) is 4.98 Å². The van der Waals surface area contributed by atoms with E-state index in [0.29, 0.717) is 16.4 Å². The van der Waals surface area contributed by atoms with Gasteiger partial charge in [0.25, 0.3) is 5.91 Å². The predicted molar refractivity (Wildman–Crippen MR) is 99.9 cm³/mol. The van der Waals surface area contributed by atoms with Gasteiger partial charge >= 0.3 is 0 Å². The van der Waals surface area contributed by atoms with Crippen LogP contribution in [0.3, 0.4) is 0 Å². The van der Waals surface area contributed by atoms with Crippen LogP contribution >= 0.6 is 11.3 Å². The number of carbonyl (C=O) groups is 1. The third-order valence-corrected chi connectivity index (χ3v) is 5.04. The zero-order chi connectivity index (χ0) is 18.7. The van der Waals surface area contributed by atoms with Crippen LogP contribution in [-0.2, 0) is 0 Å². The highest BCUT2D eigenvalue weighted by molar-refractivity contribution is 7.22. The molecule has 0 atom stereocenters. The number of rotatable bonds is 6. The van der Waals surface area contributed by atoms with Crippen molar-refractivity contribution in [3.63, 3.8) is 0 Å². The van der Waals surface area contributed by atoms with Gasteiger partial charge in [-0.05, 0) is 24.3 Å². The van der Waals surface area contributed by atoms with E-state index in [4.69, 9.17) is 0 Å². The molecule has 0 unspecified atom stereocenters. The van der Waals surface area contributed by atoms with Gasteiger partial charge in [0.15, 0.2) is 5.13 Å². The average molecular weight is 376 g/mol. The maximum absolute atomic E-state index is 14.1. The molecule has 26 heavy (non-hydrogen) atoms. The van der Waals surface area contributed by atoms with Gasteiger partial charge in [-0.2, -0.15) is 0 Å². The molecule has 0 saturated heterocycles. The molecule has 0 saturated carbocycles. The Balaban J connectivity index is 1.97. The lowest BCUT2D eigenvalue weighted by atomic mass is 10.2. The topological polar surface area (TPSA) is 37.6 Å². The molecule has 0 fully saturated rings. The summed E-state index contributed by atoms with van der Waals surface area (Å²) in [6.07, 6.45) is 0.723. The van der Waals surface area contributed by atoms with E-state index in [9.17, 15) is 13.6 Å². The van der Waals surface area contributed by atoms with Gasteiger partial charge in [-0.3, -0.25) is 9.69 Å². The fourth-order valence-corrected chi connectivity index (χ4v) is 3.68. The van der Waals surface area contributed by atoms with E-state index in [1.165, 1.54) is 39.3 Å². The van der Waals surface area contributed by atoms with Crippen molar-refractivity contribution in [2.75, 3.05) is 32.1 Å². The summed E-state index contributed by atoms with van der Waals surface area (Å²) in [4.78, 5) is 20.0. The van der Waals surface area contributed by atoms with E-state index < -0.39 is 17.5 Å². The second-order valence-electron chi connectivity index (χ2n) is 6.33. The molecule has 1 heterocycles. The summed E-state index contributed by atoms with van der Waals surface area (Å²) < 4.78 is 28.7. The van der Waals surface area contributed by atoms with Gasteiger partial charge in [-0.25, -0.2) is 13.8 Å². The van der Waals surface area contributed by atoms with E-state index in [-0.39, 0.29) is 11.1 Å². The minimum atomic E-state index is -0.576. The summed E-state index contributed by atoms with van der Waals surface area (Å²) in [6, 6.07) is 10.6. The molecule has 7 heteroatoms. The van der Waals surface area contributed by atoms with Crippen LogP contribution < -0.4 is 9.80 Å². The van der Waals surface area contributed by atoms with Crippen molar-refractivity contribution in [1.29, 1.82) is 0 Å². The number of benzene rings is 2. The van der Waals surface area contributed by atoms with Gasteiger partial charge in [0, 0.05) is 13.0 Å². The number of carbonyl (C=O) groups excluding carboxylic acids is 1. The van der Waals surface area contributed by atoms with Gasteiger partial charge < -0.3 is 4.90 Å². The number of anilines is 1. The minimum Gasteiger partial charge on any atom is -0.340 e. The van der Waals surface area contributed by atoms with E-state index >= 15 is 0 Å². The number of fused-ring (bicyclic) bond motifs is 1. The number of halogens is 2. The Morgan fingerprint density at radius 1 is 1.12 bits per heavy atom. The molecule has 0 aliphatic rings. The first-order chi connectivity index (χ1) is 12.5. The Labute approximate surface area is 154 Å². The highest BCUT2D eigenvalue weighted by Crippen LogP contribution is 2.31. The van der Waals surface area contributed by atoms with Crippen molar-refractivity contribution in [3.05, 3.63) is 59.7 Å². The summed E-state index contributed by atoms with van der Waals surface area (Å²) in [7, 11) is 4.05. The van der Waals surface area contributed by atoms with E-state index in [0.717, 1.165) is 13.0 Å². The first kappa shape index (κ1) is 18.4. The zero-order valence-corrected chi connectivity index (χ0v) is 15.4. The number of quaternary nitrogens is 1. The maximum atomic E-state index is 14.1. The zero-order valence-electron chi connectivity index (χ0n) is 14.6. The molecule has 3 aromatic rings. The predicted octanol–water partition coefficient (Wildman–Crippen LogP) is 2.76. The number of nitrogens with zero attached hydrogens (tertiary/aromatic N) is 2. The first-order valence-corrected chi connectivity index (χ1v) is 9.19. The molecular weight excluding hydrogens is 356 g/mol. The van der Waals surface area contributed by atoms with Crippen LogP contribution in [0.4, 0.5) is 13.9 Å². The molecule has 0 radical (unpaired) electrons. The maximum Gasteiger partial charge on any atom is 0.263 e. The standard InChI is InChI=1S/C19H19F2N3OS/c1-23(2)11-6-12-24(18(25)13-7-3-4-8-14(13)20)19-22-17-15(21)9-5-10-16(17)26-19/h3-5,7-10H,6,11-12H2,1-2H3/p+1. The molecule has 1 N–H and O–H groups in total. The van der Waals surface area contributed by atoms with Crippen molar-refractivity contribution in [2.45, 2.75) is 6.42 Å². The average Bonchev–Trinajstić information content (AvgIpc) is 3.03. The van der Waals surface area contributed by atoms with Gasteiger partial charge in [-0.1, -0.05) is 29.5 Å². The Morgan fingerprint density at radius 2 is 1.85 bits per heavy atom. The van der Waals surface area contributed by atoms with Crippen molar-refractivity contribution >= 4 is 32.6 Å². The van der Waals surface area contributed by atoms with E-state index in [1.54, 1.807) is 24.3 Å². The second kappa shape index (κ2) is 7.88. The summed E-state index contributed by atoms with van der Waals surface area (Å²) in [5.41, 5.74) is 0.224. The van der Waals surface area contributed by atoms with Gasteiger partial charge in [0.1, 0.15) is 17.2 Å². The van der Waals surface area contributed by atoms with Crippen molar-refractivity contribution in [3.8, 4) is 0 Å². The highest BCUT2D eigenvalue weighted by Gasteiger charge is 2.24. The van der Waals surface area contributed by atoms with Gasteiger partial charge in [0.05, 0.1) is 30.9 Å². The molecule has 136 valence electrons. The molecule has 0 aliphatic carbocycles. The van der Waals surface area contributed by atoms with Crippen LogP contribution in [0.1, 0.15) is 16.8 Å². The van der Waals surface area contributed by atoms with Gasteiger partial charge in [-0.15, -0.1) is 0 Å². The molecule has 0 spiro atoms. The van der Waals surface area contributed by atoms with Crippen LogP contribution in [0, 0.1) is 11.6 Å². The molecular formula is C19H20F2N3OS+. The largest absolute Gasteiger partial charge is 0.340 e. The number of para-hydroxylation sites is 1. The lowest BCUT2D eigenvalue weighted by molar-refractivity contribution is -0.858. The summed E-state index contributed by atoms with van der Waals surface area (Å²) in [5, 5.41) is 0.382. The van der Waals surface area contributed by atoms with Crippen LogP contribution in [0.25, 0.3) is 10.2 Å². The molecule has 0 bridgehead atoms. The smallest absolute Gasteiger partial charge is 0.263 e. The number of thiazole rings is 1. The fourth-order valence-electron chi connectivity index (χ4n) is 2.67. The lowest BCUT2D eigenvalue weighted by Gasteiger charge is -2.20. The summed E-state index contributed by atoms with van der Waals surface area (Å²) in [5.74, 6) is -1.47. The molecule has 0 aliphatic heterocycles.